The van der Waals surface area contributed by atoms with Crippen LogP contribution in [0.3, 0.4) is 0 Å². The van der Waals surface area contributed by atoms with Gasteiger partial charge in [0.1, 0.15) is 29.1 Å². The Bertz CT molecular complexity index is 3250. The van der Waals surface area contributed by atoms with Gasteiger partial charge in [-0.15, -0.1) is 11.3 Å². The largest absolute Gasteiger partial charge is 0.391 e. The van der Waals surface area contributed by atoms with Crippen LogP contribution < -0.4 is 10.2 Å². The molecule has 7 aromatic rings. The van der Waals surface area contributed by atoms with Crippen molar-refractivity contribution in [3.05, 3.63) is 112 Å². The van der Waals surface area contributed by atoms with Gasteiger partial charge in [0.15, 0.2) is 5.82 Å². The van der Waals surface area contributed by atoms with Gasteiger partial charge >= 0.3 is 0 Å². The van der Waals surface area contributed by atoms with Gasteiger partial charge in [-0.1, -0.05) is 43.3 Å². The Hall–Kier alpha value is -6.83. The highest BCUT2D eigenvalue weighted by atomic mass is 32.1. The highest BCUT2D eigenvalue weighted by Gasteiger charge is 2.44. The number of nitrogens with zero attached hydrogens (tertiary/aromatic N) is 9. The van der Waals surface area contributed by atoms with E-state index in [2.05, 4.69) is 30.0 Å². The van der Waals surface area contributed by atoms with E-state index in [9.17, 15) is 19.5 Å². The molecule has 9 heterocycles. The molecule has 0 spiro atoms. The second-order valence-corrected chi connectivity index (χ2v) is 21.3. The number of β-amino-alcohol motifs (C(OH)–C–C–N with tert-alkyl or cyclic N) is 1. The molecule has 4 aliphatic heterocycles. The zero-order valence-corrected chi connectivity index (χ0v) is 42.9. The fourth-order valence-corrected chi connectivity index (χ4v) is 12.3. The number of aryl methyl sites for hydroxylation is 2. The Morgan fingerprint density at radius 2 is 1.76 bits per heavy atom. The zero-order valence-electron chi connectivity index (χ0n) is 42.1. The number of carbonyl (C=O) groups is 3. The van der Waals surface area contributed by atoms with E-state index in [4.69, 9.17) is 14.4 Å². The number of aliphatic hydroxyl groups excluding tert-OH is 1. The zero-order chi connectivity index (χ0) is 51.5. The third-order valence-corrected chi connectivity index (χ3v) is 16.4. The fraction of sp³-hybridized carbons (Fsp3) is 0.436. The summed E-state index contributed by atoms with van der Waals surface area (Å²) in [5.74, 6) is -0.778. The van der Waals surface area contributed by atoms with Crippen molar-refractivity contribution in [1.29, 1.82) is 0 Å². The summed E-state index contributed by atoms with van der Waals surface area (Å²) in [6.45, 7) is 12.2. The van der Waals surface area contributed by atoms with Crippen molar-refractivity contribution in [3.63, 3.8) is 0 Å². The summed E-state index contributed by atoms with van der Waals surface area (Å²) in [5, 5.41) is 23.5. The molecule has 1 unspecified atom stereocenters. The van der Waals surface area contributed by atoms with Gasteiger partial charge in [0, 0.05) is 87.4 Å². The first-order valence-electron chi connectivity index (χ1n) is 25.6. The van der Waals surface area contributed by atoms with Crippen LogP contribution in [0.4, 0.5) is 20.3 Å². The van der Waals surface area contributed by atoms with Gasteiger partial charge in [-0.05, 0) is 97.5 Å². The topological polar surface area (TPSA) is 176 Å². The molecule has 74 heavy (non-hydrogen) atoms. The lowest BCUT2D eigenvalue weighted by Gasteiger charge is -2.33. The number of pyridine rings is 1. The van der Waals surface area contributed by atoms with Crippen LogP contribution in [0.15, 0.2) is 77.0 Å². The second kappa shape index (κ2) is 20.1. The van der Waals surface area contributed by atoms with E-state index in [0.717, 1.165) is 63.6 Å². The molecule has 5 aromatic heterocycles. The number of benzene rings is 2. The molecule has 4 aliphatic rings. The van der Waals surface area contributed by atoms with Crippen molar-refractivity contribution >= 4 is 46.2 Å². The summed E-state index contributed by atoms with van der Waals surface area (Å²) in [7, 11) is 0. The number of halogens is 2. The number of ether oxygens (including phenoxy) is 1. The number of carbonyl (C=O) groups excluding carboxylic acids is 3. The summed E-state index contributed by atoms with van der Waals surface area (Å²) >= 11 is 1.57. The number of hydrogen-bond acceptors (Lipinski definition) is 12. The highest BCUT2D eigenvalue weighted by Crippen LogP contribution is 2.44. The average Bonchev–Trinajstić information content (AvgIpc) is 4.27. The standard InChI is InChI=1S/C55H60F2N10O6S/c1-30(2)50(55(71)66-27-39(69)23-46(66)54(70)60-31(3)34-8-10-35(11-9-34)51-32(4)59-29-74-51)48-25-43(62-73-48)47-26-58-49-22-36(12-18-64(47)49)40-21-37-7-6-16-65(45(37)24-41(40)52(56)57)53-42-28-63(33(5)68)17-13-44(42)67(61-53)38-14-19-72-20-15-38/h8-12,18,21-22,24-26,29-31,38-39,46,50,52,69H,6-7,13-17,19-20,23,27-28H2,1-5H3,(H,60,70)/t31-,39+,46-,50?/m0/s1. The molecule has 19 heteroatoms. The normalized spacial score (nSPS) is 19.1. The quantitative estimate of drug-likeness (QED) is 0.119. The predicted octanol–water partition coefficient (Wildman–Crippen LogP) is 9.14. The van der Waals surface area contributed by atoms with Crippen molar-refractivity contribution in [2.75, 3.05) is 37.7 Å². The number of rotatable bonds is 12. The molecule has 386 valence electrons. The van der Waals surface area contributed by atoms with E-state index in [0.29, 0.717) is 85.3 Å². The lowest BCUT2D eigenvalue weighted by atomic mass is 9.91. The van der Waals surface area contributed by atoms with Crippen LogP contribution in [-0.4, -0.2) is 107 Å². The molecule has 16 nitrogen and oxygen atoms in total. The maximum Gasteiger partial charge on any atom is 0.264 e. The van der Waals surface area contributed by atoms with Gasteiger partial charge < -0.3 is 34.4 Å². The maximum absolute atomic E-state index is 15.4. The highest BCUT2D eigenvalue weighted by molar-refractivity contribution is 7.13. The number of thiazole rings is 1. The predicted molar refractivity (Wildman–Crippen MR) is 275 cm³/mol. The fourth-order valence-electron chi connectivity index (χ4n) is 11.5. The molecule has 2 fully saturated rings. The van der Waals surface area contributed by atoms with Gasteiger partial charge in [-0.2, -0.15) is 5.10 Å². The SMILES string of the molecule is CC(=O)N1CCc2c(c(N3CCCc4cc(-c5ccn6c(-c7cc(C(C(=O)N8C[C@H](O)C[C@H]8C(=O)N[C@@H](C)c8ccc(-c9scnc9C)cc8)C(C)C)on7)cnc6c5)c(C(F)F)cc43)nn2C2CCOCC2)C1. The number of amides is 3. The van der Waals surface area contributed by atoms with Gasteiger partial charge in [0.05, 0.1) is 52.7 Å². The lowest BCUT2D eigenvalue weighted by Crippen LogP contribution is -2.48. The van der Waals surface area contributed by atoms with Gasteiger partial charge in [-0.25, -0.2) is 18.7 Å². The van der Waals surface area contributed by atoms with Crippen LogP contribution >= 0.6 is 11.3 Å². The number of hydrogen-bond donors (Lipinski definition) is 2. The Balaban J connectivity index is 0.833. The van der Waals surface area contributed by atoms with Crippen molar-refractivity contribution in [1.82, 2.24) is 44.4 Å². The summed E-state index contributed by atoms with van der Waals surface area (Å²) in [6.07, 6.45) is 3.67. The summed E-state index contributed by atoms with van der Waals surface area (Å²) in [6, 6.07) is 15.6. The monoisotopic (exact) mass is 1030 g/mol. The molecular formula is C55H60F2N10O6S. The third kappa shape index (κ3) is 9.16. The van der Waals surface area contributed by atoms with Crippen LogP contribution in [0.1, 0.15) is 117 Å². The van der Waals surface area contributed by atoms with Crippen molar-refractivity contribution < 1.29 is 37.5 Å². The number of anilines is 2. The van der Waals surface area contributed by atoms with E-state index in [-0.39, 0.29) is 54.3 Å². The molecule has 2 saturated heterocycles. The second-order valence-electron chi connectivity index (χ2n) is 20.5. The molecule has 0 saturated carbocycles. The minimum absolute atomic E-state index is 0.00510. The molecular weight excluding hydrogens is 967 g/mol. The molecule has 0 bridgehead atoms. The summed E-state index contributed by atoms with van der Waals surface area (Å²) in [4.78, 5) is 56.5. The van der Waals surface area contributed by atoms with Crippen LogP contribution in [-0.2, 0) is 38.5 Å². The number of fused-ring (bicyclic) bond motifs is 3. The number of nitrogens with one attached hydrogen (secondary N) is 1. The molecule has 4 atom stereocenters. The van der Waals surface area contributed by atoms with Crippen molar-refractivity contribution in [2.45, 2.75) is 116 Å². The van der Waals surface area contributed by atoms with Crippen LogP contribution in [0.5, 0.6) is 0 Å². The van der Waals surface area contributed by atoms with E-state index in [1.54, 1.807) is 59.3 Å². The van der Waals surface area contributed by atoms with Crippen LogP contribution in [0, 0.1) is 12.8 Å². The van der Waals surface area contributed by atoms with E-state index in [1.165, 1.54) is 4.90 Å². The molecule has 0 radical (unpaired) electrons. The lowest BCUT2D eigenvalue weighted by molar-refractivity contribution is -0.141. The minimum atomic E-state index is -2.78. The summed E-state index contributed by atoms with van der Waals surface area (Å²) in [5.41, 5.74) is 10.8. The van der Waals surface area contributed by atoms with Gasteiger partial charge in [0.25, 0.3) is 6.43 Å². The molecule has 2 N–H and O–H groups in total. The first-order chi connectivity index (χ1) is 35.7. The smallest absolute Gasteiger partial charge is 0.264 e. The van der Waals surface area contributed by atoms with Crippen LogP contribution in [0.2, 0.25) is 0 Å². The summed E-state index contributed by atoms with van der Waals surface area (Å²) < 4.78 is 46.2. The van der Waals surface area contributed by atoms with Crippen LogP contribution in [0.25, 0.3) is 38.6 Å². The Labute approximate surface area is 431 Å². The molecule has 3 amide bonds. The van der Waals surface area contributed by atoms with E-state index >= 15 is 8.78 Å². The van der Waals surface area contributed by atoms with Gasteiger partial charge in [0.2, 0.25) is 17.7 Å². The first kappa shape index (κ1) is 49.4. The molecule has 0 aliphatic carbocycles. The van der Waals surface area contributed by atoms with E-state index < -0.39 is 24.5 Å². The minimum Gasteiger partial charge on any atom is -0.391 e. The van der Waals surface area contributed by atoms with Gasteiger partial charge in [-0.3, -0.25) is 23.5 Å². The Kier molecular flexibility index (Phi) is 13.4. The molecule has 11 rings (SSSR count). The number of aromatic nitrogens is 6. The van der Waals surface area contributed by atoms with E-state index in [1.807, 2.05) is 68.4 Å². The van der Waals surface area contributed by atoms with Crippen molar-refractivity contribution in [3.8, 4) is 33.0 Å². The number of imidazole rings is 1. The van der Waals surface area contributed by atoms with Crippen molar-refractivity contribution in [2.24, 2.45) is 5.92 Å². The number of aliphatic hydroxyl groups is 1. The number of alkyl halides is 2. The Morgan fingerprint density at radius 3 is 2.49 bits per heavy atom. The molecule has 2 aromatic carbocycles. The third-order valence-electron chi connectivity index (χ3n) is 15.4. The average molecular weight is 1030 g/mol. The number of likely N-dealkylation sites (tertiary alicyclic amines) is 1. The maximum atomic E-state index is 15.4. The Morgan fingerprint density at radius 1 is 0.959 bits per heavy atom. The first-order valence-corrected chi connectivity index (χ1v) is 26.5.